The van der Waals surface area contributed by atoms with Crippen LogP contribution in [0.3, 0.4) is 0 Å². The third-order valence-corrected chi connectivity index (χ3v) is 5.31. The second-order valence-corrected chi connectivity index (χ2v) is 7.90. The lowest BCUT2D eigenvalue weighted by molar-refractivity contribution is -0.274. The zero-order chi connectivity index (χ0) is 26.1. The molecule has 184 valence electrons. The lowest BCUT2D eigenvalue weighted by Gasteiger charge is -2.17. The number of ketones is 1. The molecule has 0 aliphatic heterocycles. The monoisotopic (exact) mass is 497 g/mol. The average molecular weight is 498 g/mol. The summed E-state index contributed by atoms with van der Waals surface area (Å²) in [6, 6.07) is 33.3. The predicted molar refractivity (Wildman–Crippen MR) is 138 cm³/mol. The van der Waals surface area contributed by atoms with Gasteiger partial charge >= 0.3 is 6.36 Å². The van der Waals surface area contributed by atoms with Gasteiger partial charge in [0.05, 0.1) is 17.8 Å². The summed E-state index contributed by atoms with van der Waals surface area (Å²) in [7, 11) is 0. The van der Waals surface area contributed by atoms with Gasteiger partial charge < -0.3 is 10.1 Å². The van der Waals surface area contributed by atoms with Crippen LogP contribution in [-0.2, 0) is 0 Å². The summed E-state index contributed by atoms with van der Waals surface area (Å²) in [6.45, 7) is 0.198. The molecule has 37 heavy (non-hydrogen) atoms. The van der Waals surface area contributed by atoms with E-state index in [9.17, 15) is 18.0 Å². The van der Waals surface area contributed by atoms with Gasteiger partial charge in [0.15, 0.2) is 5.78 Å². The summed E-state index contributed by atoms with van der Waals surface area (Å²) in [5, 5.41) is 3.31. The molecule has 0 aromatic heterocycles. The van der Waals surface area contributed by atoms with Crippen molar-refractivity contribution in [1.29, 1.82) is 0 Å². The standard InChI is InChI=1S/C31H22F3NO2/c32-31(33,34)37-27-20-18-23(19-21-27)11-10-22-35-29(25-14-6-2-7-15-25)28(24-12-4-1-5-13-24)30(36)26-16-8-3-9-17-26/h1-9,12-21,35H,22H2/b29-28-. The highest BCUT2D eigenvalue weighted by Gasteiger charge is 2.30. The van der Waals surface area contributed by atoms with Crippen molar-refractivity contribution in [3.8, 4) is 17.6 Å². The molecule has 0 heterocycles. The molecule has 0 radical (unpaired) electrons. The third kappa shape index (κ3) is 7.12. The minimum atomic E-state index is -4.75. The van der Waals surface area contributed by atoms with Crippen LogP contribution in [0.5, 0.6) is 5.75 Å². The summed E-state index contributed by atoms with van der Waals surface area (Å²) < 4.78 is 41.0. The second-order valence-electron chi connectivity index (χ2n) is 7.90. The Morgan fingerprint density at radius 3 is 1.76 bits per heavy atom. The molecule has 4 rings (SSSR count). The second kappa shape index (κ2) is 11.8. The topological polar surface area (TPSA) is 38.3 Å². The first-order valence-electron chi connectivity index (χ1n) is 11.4. The summed E-state index contributed by atoms with van der Waals surface area (Å²) >= 11 is 0. The largest absolute Gasteiger partial charge is 0.573 e. The van der Waals surface area contributed by atoms with Crippen molar-refractivity contribution in [2.24, 2.45) is 0 Å². The lowest BCUT2D eigenvalue weighted by Crippen LogP contribution is -2.18. The molecule has 0 saturated carbocycles. The molecule has 4 aromatic rings. The number of alkyl halides is 3. The Morgan fingerprint density at radius 1 is 0.703 bits per heavy atom. The van der Waals surface area contributed by atoms with Gasteiger partial charge in [0.2, 0.25) is 0 Å². The summed E-state index contributed by atoms with van der Waals surface area (Å²) in [4.78, 5) is 13.7. The normalized spacial score (nSPS) is 11.5. The quantitative estimate of drug-likeness (QED) is 0.130. The fourth-order valence-corrected chi connectivity index (χ4v) is 3.69. The molecule has 0 saturated heterocycles. The van der Waals surface area contributed by atoms with Gasteiger partial charge in [-0.25, -0.2) is 0 Å². The van der Waals surface area contributed by atoms with Crippen molar-refractivity contribution < 1.29 is 22.7 Å². The predicted octanol–water partition coefficient (Wildman–Crippen LogP) is 6.98. The maximum Gasteiger partial charge on any atom is 0.573 e. The number of benzene rings is 4. The van der Waals surface area contributed by atoms with E-state index < -0.39 is 6.36 Å². The summed E-state index contributed by atoms with van der Waals surface area (Å²) in [5.41, 5.74) is 3.81. The van der Waals surface area contributed by atoms with E-state index in [1.54, 1.807) is 12.1 Å². The molecule has 0 fully saturated rings. The van der Waals surface area contributed by atoms with Crippen molar-refractivity contribution >= 4 is 17.1 Å². The summed E-state index contributed by atoms with van der Waals surface area (Å²) in [5.74, 6) is 5.47. The number of ether oxygens (including phenoxy) is 1. The molecular weight excluding hydrogens is 475 g/mol. The van der Waals surface area contributed by atoms with E-state index in [2.05, 4.69) is 21.9 Å². The van der Waals surface area contributed by atoms with Gasteiger partial charge in [-0.05, 0) is 35.4 Å². The van der Waals surface area contributed by atoms with E-state index in [0.717, 1.165) is 11.1 Å². The van der Waals surface area contributed by atoms with E-state index in [1.807, 2.05) is 78.9 Å². The smallest absolute Gasteiger partial charge is 0.406 e. The molecule has 0 atom stereocenters. The Hall–Kier alpha value is -4.76. The molecule has 6 heteroatoms. The number of carbonyl (C=O) groups is 1. The van der Waals surface area contributed by atoms with Crippen LogP contribution in [0.15, 0.2) is 115 Å². The number of hydrogen-bond acceptors (Lipinski definition) is 3. The van der Waals surface area contributed by atoms with Crippen LogP contribution in [0.1, 0.15) is 27.0 Å². The molecule has 0 bridgehead atoms. The third-order valence-electron chi connectivity index (χ3n) is 5.31. The van der Waals surface area contributed by atoms with Crippen molar-refractivity contribution in [1.82, 2.24) is 5.32 Å². The number of nitrogens with one attached hydrogen (secondary N) is 1. The highest BCUT2D eigenvalue weighted by molar-refractivity contribution is 6.34. The van der Waals surface area contributed by atoms with E-state index >= 15 is 0 Å². The highest BCUT2D eigenvalue weighted by atomic mass is 19.4. The van der Waals surface area contributed by atoms with Gasteiger partial charge in [-0.3, -0.25) is 4.79 Å². The zero-order valence-corrected chi connectivity index (χ0v) is 19.6. The molecule has 0 amide bonds. The molecule has 4 aromatic carbocycles. The number of carbonyl (C=O) groups excluding carboxylic acids is 1. The fraction of sp³-hybridized carbons (Fsp3) is 0.0645. The molecule has 0 unspecified atom stereocenters. The van der Waals surface area contributed by atoms with Crippen LogP contribution >= 0.6 is 0 Å². The number of hydrogen-bond donors (Lipinski definition) is 1. The zero-order valence-electron chi connectivity index (χ0n) is 19.6. The number of allylic oxidation sites excluding steroid dienone is 1. The maximum absolute atomic E-state index is 13.7. The molecular formula is C31H22F3NO2. The van der Waals surface area contributed by atoms with E-state index in [4.69, 9.17) is 0 Å². The minimum Gasteiger partial charge on any atom is -0.406 e. The van der Waals surface area contributed by atoms with Crippen LogP contribution in [-0.4, -0.2) is 18.7 Å². The first-order chi connectivity index (χ1) is 17.9. The molecule has 0 spiro atoms. The van der Waals surface area contributed by atoms with Crippen LogP contribution in [0.25, 0.3) is 11.3 Å². The fourth-order valence-electron chi connectivity index (χ4n) is 3.69. The summed E-state index contributed by atoms with van der Waals surface area (Å²) in [6.07, 6.45) is -4.75. The Kier molecular flexibility index (Phi) is 8.07. The van der Waals surface area contributed by atoms with Gasteiger partial charge in [-0.2, -0.15) is 0 Å². The van der Waals surface area contributed by atoms with Crippen molar-refractivity contribution in [2.75, 3.05) is 6.54 Å². The van der Waals surface area contributed by atoms with Crippen LogP contribution in [0.2, 0.25) is 0 Å². The molecule has 0 aliphatic rings. The molecule has 1 N–H and O–H groups in total. The van der Waals surface area contributed by atoms with E-state index in [1.165, 1.54) is 24.3 Å². The van der Waals surface area contributed by atoms with Gasteiger partial charge in [0.25, 0.3) is 0 Å². The minimum absolute atomic E-state index is 0.133. The maximum atomic E-state index is 13.7. The molecule has 0 aliphatic carbocycles. The number of rotatable bonds is 7. The first-order valence-corrected chi connectivity index (χ1v) is 11.4. The van der Waals surface area contributed by atoms with Crippen LogP contribution < -0.4 is 10.1 Å². The number of Topliss-reactive ketones (excluding diaryl/α,β-unsaturated/α-hetero) is 1. The van der Waals surface area contributed by atoms with Crippen molar-refractivity contribution in [3.63, 3.8) is 0 Å². The Labute approximate surface area is 213 Å². The van der Waals surface area contributed by atoms with Crippen molar-refractivity contribution in [3.05, 3.63) is 138 Å². The van der Waals surface area contributed by atoms with Gasteiger partial charge in [-0.1, -0.05) is 103 Å². The SMILES string of the molecule is O=C(/C(=C(\NCC#Cc1ccc(OC(F)(F)F)cc1)c1ccccc1)c1ccccc1)c1ccccc1. The Morgan fingerprint density at radius 2 is 1.22 bits per heavy atom. The van der Waals surface area contributed by atoms with Crippen LogP contribution in [0, 0.1) is 11.8 Å². The average Bonchev–Trinajstić information content (AvgIpc) is 2.92. The first kappa shape index (κ1) is 25.3. The Balaban J connectivity index is 1.66. The Bertz CT molecular complexity index is 1420. The van der Waals surface area contributed by atoms with Gasteiger partial charge in [-0.15, -0.1) is 13.2 Å². The highest BCUT2D eigenvalue weighted by Crippen LogP contribution is 2.28. The van der Waals surface area contributed by atoms with E-state index in [-0.39, 0.29) is 18.1 Å². The van der Waals surface area contributed by atoms with Crippen molar-refractivity contribution in [2.45, 2.75) is 6.36 Å². The van der Waals surface area contributed by atoms with Gasteiger partial charge in [0, 0.05) is 11.1 Å². The van der Waals surface area contributed by atoms with Crippen LogP contribution in [0.4, 0.5) is 13.2 Å². The molecule has 3 nitrogen and oxygen atoms in total. The lowest BCUT2D eigenvalue weighted by atomic mass is 9.92. The van der Waals surface area contributed by atoms with Gasteiger partial charge in [0.1, 0.15) is 5.75 Å². The number of halogens is 3. The van der Waals surface area contributed by atoms with E-state index in [0.29, 0.717) is 22.4 Å².